The molecule has 112 heavy (non-hydrogen) atoms. The molecule has 2 aromatic carbocycles. The third-order valence-corrected chi connectivity index (χ3v) is 15.5. The number of aryl methyl sites for hydroxylation is 2. The number of aromatic nitrogens is 19. The van der Waals surface area contributed by atoms with Crippen molar-refractivity contribution in [2.75, 3.05) is 140 Å². The van der Waals surface area contributed by atoms with Gasteiger partial charge < -0.3 is 90.0 Å². The van der Waals surface area contributed by atoms with Crippen molar-refractivity contribution in [2.24, 2.45) is 5.92 Å². The predicted molar refractivity (Wildman–Crippen MR) is 446 cm³/mol. The van der Waals surface area contributed by atoms with Crippen LogP contribution in [0.5, 0.6) is 17.2 Å². The normalized spacial score (nSPS) is 11.1. The molecule has 0 saturated carbocycles. The van der Waals surface area contributed by atoms with Crippen LogP contribution in [0.3, 0.4) is 0 Å². The Kier molecular flexibility index (Phi) is 40.7. The summed E-state index contributed by atoms with van der Waals surface area (Å²) in [6, 6.07) is 16.9. The van der Waals surface area contributed by atoms with Crippen LogP contribution < -0.4 is 80.5 Å². The van der Waals surface area contributed by atoms with Crippen molar-refractivity contribution >= 4 is 71.4 Å². The van der Waals surface area contributed by atoms with E-state index in [1.54, 1.807) is 27.2 Å². The van der Waals surface area contributed by atoms with Crippen molar-refractivity contribution in [1.82, 2.24) is 94.7 Å². The number of hydrogen-bond donors (Lipinski definition) is 10. The minimum atomic E-state index is 0.0627. The molecule has 18 N–H and O–H groups in total. The molecule has 0 radical (unpaired) electrons. The quantitative estimate of drug-likeness (QED) is 0.0175. The smallest absolute Gasteiger partial charge is 0.230 e. The highest BCUT2D eigenvalue weighted by Crippen LogP contribution is 2.33. The van der Waals surface area contributed by atoms with Crippen molar-refractivity contribution in [2.45, 2.75) is 180 Å². The zero-order chi connectivity index (χ0) is 82.8. The first-order chi connectivity index (χ1) is 53.5. The number of ether oxygens (including phenoxy) is 5. The fourth-order valence-electron chi connectivity index (χ4n) is 9.45. The highest BCUT2D eigenvalue weighted by Gasteiger charge is 2.18. The Labute approximate surface area is 659 Å². The maximum absolute atomic E-state index is 5.95. The second-order valence-corrected chi connectivity index (χ2v) is 26.1. The lowest BCUT2D eigenvalue weighted by Gasteiger charge is -2.24. The summed E-state index contributed by atoms with van der Waals surface area (Å²) in [7, 11) is 3.35. The highest BCUT2D eigenvalue weighted by molar-refractivity contribution is 5.63. The molecular weight excluding hydrogens is 1430 g/mol. The van der Waals surface area contributed by atoms with E-state index in [9.17, 15) is 0 Å². The molecule has 7 heterocycles. The largest absolute Gasteiger partial charge is 0.493 e. The molecule has 0 aliphatic rings. The molecule has 36 heteroatoms. The Balaban J connectivity index is 0.000000290. The van der Waals surface area contributed by atoms with Crippen LogP contribution in [0.2, 0.25) is 0 Å². The molecule has 9 aromatic rings. The van der Waals surface area contributed by atoms with Gasteiger partial charge in [0.25, 0.3) is 0 Å². The van der Waals surface area contributed by atoms with Gasteiger partial charge in [0, 0.05) is 94.4 Å². The predicted octanol–water partition coefficient (Wildman–Crippen LogP) is 10.3. The zero-order valence-corrected chi connectivity index (χ0v) is 68.7. The topological polar surface area (TPSA) is 530 Å². The lowest BCUT2D eigenvalue weighted by atomic mass is 10.0. The van der Waals surface area contributed by atoms with Crippen LogP contribution in [0.1, 0.15) is 183 Å². The number of rotatable bonds is 32. The highest BCUT2D eigenvalue weighted by atomic mass is 16.5. The number of anilines is 12. The van der Waals surface area contributed by atoms with Crippen LogP contribution in [-0.4, -0.2) is 180 Å². The van der Waals surface area contributed by atoms with Crippen molar-refractivity contribution < 1.29 is 23.7 Å². The van der Waals surface area contributed by atoms with Gasteiger partial charge in [-0.2, -0.15) is 89.7 Å². The van der Waals surface area contributed by atoms with Gasteiger partial charge in [-0.15, -0.1) is 0 Å². The maximum atomic E-state index is 5.95. The van der Waals surface area contributed by atoms with Crippen molar-refractivity contribution in [1.29, 1.82) is 0 Å². The first-order valence-corrected chi connectivity index (χ1v) is 37.6. The molecule has 0 aliphatic heterocycles. The Bertz CT molecular complexity index is 4170. The van der Waals surface area contributed by atoms with Crippen LogP contribution >= 0.6 is 0 Å². The maximum Gasteiger partial charge on any atom is 0.230 e. The number of pyridine rings is 1. The van der Waals surface area contributed by atoms with E-state index in [-0.39, 0.29) is 59.8 Å². The number of benzene rings is 2. The van der Waals surface area contributed by atoms with Gasteiger partial charge in [0.15, 0.2) is 29.0 Å². The third-order valence-electron chi connectivity index (χ3n) is 15.5. The number of nitrogens with zero attached hydrogens (tertiary/aromatic N) is 21. The SMILES string of the molecule is CC#Cc1nc(N)nc(N)n1.CC(C)COc1cccc(-c2nc(N)nc(N)n2)c1.CC(C)c1cc(-c2nc(N)nc(N)n2)cc(C(C)C)n1.CCCCN(CC)c1nc(C)nc(N(CC)CCCC)n1.CCNc1nc(C)nc(NCC)n1.COC(C)CCOc1ccc(-c2nc(N)nc(N)n2)cc1OCCC(C)OC. The third kappa shape index (κ3) is 34.0. The van der Waals surface area contributed by atoms with Crippen LogP contribution in [0.15, 0.2) is 54.6 Å². The molecule has 0 saturated heterocycles. The first-order valence-electron chi connectivity index (χ1n) is 37.6. The molecule has 0 bridgehead atoms. The van der Waals surface area contributed by atoms with E-state index in [1.165, 1.54) is 25.7 Å². The van der Waals surface area contributed by atoms with Gasteiger partial charge in [-0.1, -0.05) is 86.3 Å². The zero-order valence-electron chi connectivity index (χ0n) is 68.7. The summed E-state index contributed by atoms with van der Waals surface area (Å²) < 4.78 is 28.0. The van der Waals surface area contributed by atoms with Gasteiger partial charge in [-0.25, -0.2) is 0 Å². The van der Waals surface area contributed by atoms with E-state index in [1.807, 2.05) is 90.1 Å². The van der Waals surface area contributed by atoms with Gasteiger partial charge in [-0.3, -0.25) is 4.98 Å². The lowest BCUT2D eigenvalue weighted by molar-refractivity contribution is 0.0907. The van der Waals surface area contributed by atoms with Gasteiger partial charge in [0.05, 0.1) is 32.0 Å². The molecule has 7 aromatic heterocycles. The number of nitrogen functional groups attached to an aromatic ring is 8. The standard InChI is InChI=1S/C19H29N5O4.C16H31N5.C14H20N6.C13H17N5O.C8H15N5.C6H7N5/c1-12(25-3)7-9-27-15-6-5-14(17-22-18(20)24-19(21)23-17)11-16(15)28-10-8-13(2)26-4;1-6-10-12-20(8-3)15-17-14(5)18-16(19-15)21(9-4)13-11-7-2;1-7(2)10-5-9(6-11(17-10)8(3)4)12-18-13(15)20-14(16)19-12;1-8(2)7-19-10-5-3-4-9(6-10)11-16-12(14)18-13(15)17-11;1-4-9-7-11-6(3)12-8(13-7)10-5-2;1-2-3-4-9-5(7)11-6(8)10-4/h5-6,11-13H,7-10H2,1-4H3,(H4,20,21,22,23,24);6-13H2,1-5H3;5-8H,1-4H3,(H4,15,16,18,19,20);3-6,8H,7H2,1-2H3,(H4,14,15,16,17,18);4-5H2,1-3H3,(H2,9,10,11,12,13);1H3,(H4,7,8,9,10,11). The fraction of sp³-hybridized carbons (Fsp3) is 0.513. The number of hydrogen-bond acceptors (Lipinski definition) is 36. The van der Waals surface area contributed by atoms with Crippen LogP contribution in [0.25, 0.3) is 34.2 Å². The minimum Gasteiger partial charge on any atom is -0.493 e. The van der Waals surface area contributed by atoms with Crippen molar-refractivity contribution in [3.8, 4) is 63.3 Å². The molecule has 0 amide bonds. The van der Waals surface area contributed by atoms with E-state index >= 15 is 0 Å². The van der Waals surface area contributed by atoms with E-state index < -0.39 is 0 Å². The molecule has 9 rings (SSSR count). The molecule has 36 nitrogen and oxygen atoms in total. The van der Waals surface area contributed by atoms with E-state index in [0.29, 0.717) is 89.8 Å². The number of nitrogens with one attached hydrogen (secondary N) is 2. The lowest BCUT2D eigenvalue weighted by Crippen LogP contribution is -2.30. The summed E-state index contributed by atoms with van der Waals surface area (Å²) in [6.45, 7) is 42.0. The monoisotopic (exact) mass is 1550 g/mol. The second kappa shape index (κ2) is 49.3. The van der Waals surface area contributed by atoms with Crippen molar-refractivity contribution in [3.05, 3.63) is 83.5 Å². The molecule has 2 atom stereocenters. The molecule has 0 aliphatic carbocycles. The fourth-order valence-corrected chi connectivity index (χ4v) is 9.45. The average Bonchev–Trinajstić information content (AvgIpc) is 0.731. The average molecular weight is 1550 g/mol. The minimum absolute atomic E-state index is 0.0627. The number of unbranched alkanes of at least 4 members (excludes halogenated alkanes) is 2. The van der Waals surface area contributed by atoms with E-state index in [0.717, 1.165) is 104 Å². The first kappa shape index (κ1) is 92.5. The van der Waals surface area contributed by atoms with Crippen LogP contribution in [0.4, 0.5) is 71.4 Å². The van der Waals surface area contributed by atoms with E-state index in [2.05, 4.69) is 191 Å². The Morgan fingerprint density at radius 2 is 0.839 bits per heavy atom. The number of nitrogens with two attached hydrogens (primary N) is 8. The number of methoxy groups -OCH3 is 2. The van der Waals surface area contributed by atoms with Gasteiger partial charge >= 0.3 is 0 Å². The summed E-state index contributed by atoms with van der Waals surface area (Å²) in [4.78, 5) is 82.4. The summed E-state index contributed by atoms with van der Waals surface area (Å²) in [5.74, 6) is 15.2. The Hall–Kier alpha value is -11.9. The molecule has 0 spiro atoms. The van der Waals surface area contributed by atoms with Crippen LogP contribution in [0, 0.1) is 31.6 Å². The molecular formula is C76H119N31O5. The molecule has 608 valence electrons. The van der Waals surface area contributed by atoms with Gasteiger partial charge in [0.1, 0.15) is 17.4 Å². The van der Waals surface area contributed by atoms with Gasteiger partial charge in [0.2, 0.25) is 77.2 Å². The summed E-state index contributed by atoms with van der Waals surface area (Å²) in [6.07, 6.45) is 6.42. The van der Waals surface area contributed by atoms with Crippen LogP contribution in [-0.2, 0) is 9.47 Å². The molecule has 2 unspecified atom stereocenters. The van der Waals surface area contributed by atoms with Crippen molar-refractivity contribution in [3.63, 3.8) is 0 Å². The Morgan fingerprint density at radius 3 is 1.23 bits per heavy atom. The molecule has 0 fully saturated rings. The summed E-state index contributed by atoms with van der Waals surface area (Å²) in [5.41, 5.74) is 48.7. The van der Waals surface area contributed by atoms with E-state index in [4.69, 9.17) is 74.5 Å². The Morgan fingerprint density at radius 1 is 0.429 bits per heavy atom. The summed E-state index contributed by atoms with van der Waals surface area (Å²) >= 11 is 0. The second-order valence-electron chi connectivity index (χ2n) is 26.1. The van der Waals surface area contributed by atoms with Gasteiger partial charge in [-0.05, 0) is 141 Å². The summed E-state index contributed by atoms with van der Waals surface area (Å²) in [5, 5.41) is 6.09.